The maximum Gasteiger partial charge on any atom is 0.293 e. The molecule has 1 aliphatic heterocycles. The Kier molecular flexibility index (Phi) is 6.39. The number of nitrogens with zero attached hydrogens (tertiary/aromatic N) is 3. The van der Waals surface area contributed by atoms with Gasteiger partial charge in [-0.05, 0) is 36.8 Å². The molecule has 0 aromatic heterocycles. The fraction of sp³-hybridized carbons (Fsp3) is 0.400. The minimum absolute atomic E-state index is 0.0537. The van der Waals surface area contributed by atoms with Crippen LogP contribution in [0.15, 0.2) is 47.4 Å². The largest absolute Gasteiger partial charge is 0.378 e. The Labute approximate surface area is 171 Å². The lowest BCUT2D eigenvalue weighted by atomic mass is 10.2. The summed E-state index contributed by atoms with van der Waals surface area (Å²) in [5.41, 5.74) is 2.60. The first-order valence-electron chi connectivity index (χ1n) is 9.50. The zero-order chi connectivity index (χ0) is 21.0. The number of hydrogen-bond acceptors (Lipinski definition) is 7. The molecular formula is C20H26N4O4S. The van der Waals surface area contributed by atoms with E-state index in [0.717, 1.165) is 45.0 Å². The van der Waals surface area contributed by atoms with E-state index in [4.69, 9.17) is 0 Å². The summed E-state index contributed by atoms with van der Waals surface area (Å²) in [6.45, 7) is 7.11. The number of anilines is 2. The Morgan fingerprint density at radius 1 is 1.10 bits per heavy atom. The highest BCUT2D eigenvalue weighted by Crippen LogP contribution is 2.27. The first kappa shape index (κ1) is 21.1. The monoisotopic (exact) mass is 418 g/mol. The molecule has 9 heteroatoms. The lowest BCUT2D eigenvalue weighted by molar-refractivity contribution is -0.384. The number of nitro groups is 1. The highest BCUT2D eigenvalue weighted by Gasteiger charge is 2.20. The highest BCUT2D eigenvalue weighted by molar-refractivity contribution is 7.90. The molecule has 0 aliphatic carbocycles. The summed E-state index contributed by atoms with van der Waals surface area (Å²) in [4.78, 5) is 15.4. The molecule has 0 spiro atoms. The second kappa shape index (κ2) is 8.79. The number of nitrogens with one attached hydrogen (secondary N) is 1. The lowest BCUT2D eigenvalue weighted by Gasteiger charge is -2.36. The Morgan fingerprint density at radius 2 is 1.83 bits per heavy atom. The standard InChI is InChI=1S/C20H26N4O4S/c1-16-4-3-5-17(14-16)23-12-10-22(11-13-23)9-8-21-19-7-6-18(29(2,27)28)15-20(19)24(25)26/h3-7,14-15,21H,8-13H2,1-2H3. The molecule has 29 heavy (non-hydrogen) atoms. The van der Waals surface area contributed by atoms with Crippen molar-refractivity contribution in [3.63, 3.8) is 0 Å². The minimum atomic E-state index is -3.49. The van der Waals surface area contributed by atoms with Gasteiger partial charge in [-0.25, -0.2) is 8.42 Å². The molecule has 0 unspecified atom stereocenters. The maximum absolute atomic E-state index is 11.6. The van der Waals surface area contributed by atoms with Crippen LogP contribution in [-0.4, -0.2) is 63.8 Å². The average Bonchev–Trinajstić information content (AvgIpc) is 2.68. The van der Waals surface area contributed by atoms with E-state index in [1.54, 1.807) is 0 Å². The fourth-order valence-corrected chi connectivity index (χ4v) is 4.09. The number of aryl methyl sites for hydroxylation is 1. The van der Waals surface area contributed by atoms with E-state index in [2.05, 4.69) is 46.3 Å². The molecule has 1 aliphatic rings. The normalized spacial score (nSPS) is 15.3. The maximum atomic E-state index is 11.6. The van der Waals surface area contributed by atoms with Gasteiger partial charge in [-0.3, -0.25) is 15.0 Å². The Morgan fingerprint density at radius 3 is 2.45 bits per heavy atom. The Hall–Kier alpha value is -2.65. The van der Waals surface area contributed by atoms with Crippen LogP contribution >= 0.6 is 0 Å². The molecule has 0 amide bonds. The van der Waals surface area contributed by atoms with Gasteiger partial charge < -0.3 is 10.2 Å². The zero-order valence-corrected chi connectivity index (χ0v) is 17.5. The lowest BCUT2D eigenvalue weighted by Crippen LogP contribution is -2.47. The SMILES string of the molecule is Cc1cccc(N2CCN(CCNc3ccc(S(C)(=O)=O)cc3[N+](=O)[O-])CC2)c1. The van der Waals surface area contributed by atoms with Gasteiger partial charge in [-0.15, -0.1) is 0 Å². The third kappa shape index (κ3) is 5.45. The van der Waals surface area contributed by atoms with Crippen molar-refractivity contribution >= 4 is 26.9 Å². The minimum Gasteiger partial charge on any atom is -0.378 e. The number of benzene rings is 2. The van der Waals surface area contributed by atoms with Gasteiger partial charge in [-0.1, -0.05) is 12.1 Å². The van der Waals surface area contributed by atoms with Crippen molar-refractivity contribution in [2.24, 2.45) is 0 Å². The predicted molar refractivity (Wildman–Crippen MR) is 115 cm³/mol. The Balaban J connectivity index is 1.54. The third-order valence-electron chi connectivity index (χ3n) is 5.08. The molecule has 1 fully saturated rings. The number of nitro benzene ring substituents is 1. The van der Waals surface area contributed by atoms with E-state index in [0.29, 0.717) is 12.2 Å². The van der Waals surface area contributed by atoms with Crippen molar-refractivity contribution in [2.45, 2.75) is 11.8 Å². The molecular weight excluding hydrogens is 392 g/mol. The number of piperazine rings is 1. The van der Waals surface area contributed by atoms with Crippen LogP contribution in [0.5, 0.6) is 0 Å². The highest BCUT2D eigenvalue weighted by atomic mass is 32.2. The summed E-state index contributed by atoms with van der Waals surface area (Å²) in [5.74, 6) is 0. The summed E-state index contributed by atoms with van der Waals surface area (Å²) in [7, 11) is -3.49. The molecule has 1 N–H and O–H groups in total. The predicted octanol–water partition coefficient (Wildman–Crippen LogP) is 2.54. The van der Waals surface area contributed by atoms with E-state index in [1.807, 2.05) is 0 Å². The molecule has 156 valence electrons. The van der Waals surface area contributed by atoms with Crippen LogP contribution in [0.2, 0.25) is 0 Å². The van der Waals surface area contributed by atoms with Gasteiger partial charge in [0.2, 0.25) is 0 Å². The number of sulfone groups is 1. The van der Waals surface area contributed by atoms with E-state index < -0.39 is 14.8 Å². The van der Waals surface area contributed by atoms with Crippen molar-refractivity contribution in [3.05, 3.63) is 58.1 Å². The van der Waals surface area contributed by atoms with Crippen LogP contribution < -0.4 is 10.2 Å². The van der Waals surface area contributed by atoms with Crippen LogP contribution in [0.1, 0.15) is 5.56 Å². The van der Waals surface area contributed by atoms with Gasteiger partial charge >= 0.3 is 0 Å². The fourth-order valence-electron chi connectivity index (χ4n) is 3.45. The van der Waals surface area contributed by atoms with Crippen LogP contribution in [0.3, 0.4) is 0 Å². The molecule has 3 rings (SSSR count). The smallest absolute Gasteiger partial charge is 0.293 e. The van der Waals surface area contributed by atoms with Crippen molar-refractivity contribution in [1.82, 2.24) is 4.90 Å². The van der Waals surface area contributed by atoms with Crippen LogP contribution in [-0.2, 0) is 9.84 Å². The topological polar surface area (TPSA) is 95.8 Å². The van der Waals surface area contributed by atoms with Gasteiger partial charge in [-0.2, -0.15) is 0 Å². The molecule has 0 atom stereocenters. The van der Waals surface area contributed by atoms with Gasteiger partial charge in [0, 0.05) is 57.3 Å². The zero-order valence-electron chi connectivity index (χ0n) is 16.7. The van der Waals surface area contributed by atoms with Crippen molar-refractivity contribution < 1.29 is 13.3 Å². The first-order valence-corrected chi connectivity index (χ1v) is 11.4. The van der Waals surface area contributed by atoms with Gasteiger partial charge in [0.1, 0.15) is 5.69 Å². The van der Waals surface area contributed by atoms with Crippen molar-refractivity contribution in [2.75, 3.05) is 55.7 Å². The van der Waals surface area contributed by atoms with Crippen molar-refractivity contribution in [3.8, 4) is 0 Å². The van der Waals surface area contributed by atoms with E-state index in [-0.39, 0.29) is 10.6 Å². The summed E-state index contributed by atoms with van der Waals surface area (Å²) < 4.78 is 23.3. The molecule has 0 saturated carbocycles. The van der Waals surface area contributed by atoms with Gasteiger partial charge in [0.05, 0.1) is 9.82 Å². The van der Waals surface area contributed by atoms with Crippen LogP contribution in [0, 0.1) is 17.0 Å². The van der Waals surface area contributed by atoms with Gasteiger partial charge in [0.25, 0.3) is 5.69 Å². The summed E-state index contributed by atoms with van der Waals surface area (Å²) in [6.07, 6.45) is 1.04. The van der Waals surface area contributed by atoms with Crippen LogP contribution in [0.25, 0.3) is 0 Å². The molecule has 8 nitrogen and oxygen atoms in total. The average molecular weight is 419 g/mol. The van der Waals surface area contributed by atoms with E-state index in [9.17, 15) is 18.5 Å². The Bertz CT molecular complexity index is 986. The van der Waals surface area contributed by atoms with Gasteiger partial charge in [0.15, 0.2) is 9.84 Å². The summed E-state index contributed by atoms with van der Waals surface area (Å²) >= 11 is 0. The molecule has 0 bridgehead atoms. The summed E-state index contributed by atoms with van der Waals surface area (Å²) in [5, 5.41) is 14.4. The molecule has 0 radical (unpaired) electrons. The quantitative estimate of drug-likeness (QED) is 0.545. The van der Waals surface area contributed by atoms with E-state index >= 15 is 0 Å². The third-order valence-corrected chi connectivity index (χ3v) is 6.19. The number of rotatable bonds is 7. The molecule has 2 aromatic carbocycles. The first-order chi connectivity index (χ1) is 13.7. The molecule has 1 saturated heterocycles. The second-order valence-electron chi connectivity index (χ2n) is 7.30. The van der Waals surface area contributed by atoms with Crippen molar-refractivity contribution in [1.29, 1.82) is 0 Å². The molecule has 2 aromatic rings. The van der Waals surface area contributed by atoms with Crippen LogP contribution in [0.4, 0.5) is 17.1 Å². The second-order valence-corrected chi connectivity index (χ2v) is 9.32. The summed E-state index contributed by atoms with van der Waals surface area (Å²) in [6, 6.07) is 12.4. The molecule has 1 heterocycles. The number of hydrogen-bond donors (Lipinski definition) is 1. The van der Waals surface area contributed by atoms with E-state index in [1.165, 1.54) is 23.4 Å².